The Morgan fingerprint density at radius 1 is 1.16 bits per heavy atom. The van der Waals surface area contributed by atoms with Gasteiger partial charge in [-0.3, -0.25) is 4.79 Å². The molecule has 2 aliphatic heterocycles. The van der Waals surface area contributed by atoms with Crippen LogP contribution in [-0.4, -0.2) is 62.1 Å². The summed E-state index contributed by atoms with van der Waals surface area (Å²) in [6.45, 7) is 7.84. The monoisotopic (exact) mass is 505 g/mol. The minimum atomic E-state index is 0.0904. The average molecular weight is 507 g/mol. The van der Waals surface area contributed by atoms with Crippen LogP contribution in [0.5, 0.6) is 5.75 Å². The van der Waals surface area contributed by atoms with E-state index in [1.54, 1.807) is 7.11 Å². The molecule has 2 saturated heterocycles. The number of rotatable bonds is 7. The van der Waals surface area contributed by atoms with Gasteiger partial charge in [0.1, 0.15) is 5.75 Å². The Hall–Kier alpha value is -1.76. The van der Waals surface area contributed by atoms with Gasteiger partial charge in [0.15, 0.2) is 0 Å². The maximum absolute atomic E-state index is 13.0. The first kappa shape index (κ1) is 22.4. The summed E-state index contributed by atoms with van der Waals surface area (Å²) in [5.41, 5.74) is 2.85. The molecule has 2 fully saturated rings. The summed E-state index contributed by atoms with van der Waals surface area (Å²) in [5.74, 6) is 1.93. The summed E-state index contributed by atoms with van der Waals surface area (Å²) in [4.78, 5) is 17.6. The maximum atomic E-state index is 13.0. The van der Waals surface area contributed by atoms with Gasteiger partial charge in [-0.1, -0.05) is 17.7 Å². The maximum Gasteiger partial charge on any atom is 0.255 e. The molecule has 2 heterocycles. The van der Waals surface area contributed by atoms with Crippen LogP contribution in [0.25, 0.3) is 0 Å². The minimum absolute atomic E-state index is 0.0904. The van der Waals surface area contributed by atoms with Crippen molar-refractivity contribution in [1.29, 1.82) is 0 Å². The molecule has 2 aliphatic rings. The molecule has 2 aromatic carbocycles. The molecule has 0 bridgehead atoms. The van der Waals surface area contributed by atoms with Crippen molar-refractivity contribution >= 4 is 39.1 Å². The smallest absolute Gasteiger partial charge is 0.255 e. The number of hydrogen-bond donors (Lipinski definition) is 1. The van der Waals surface area contributed by atoms with Gasteiger partial charge in [-0.05, 0) is 83.6 Å². The molecule has 0 aromatic heterocycles. The van der Waals surface area contributed by atoms with Crippen molar-refractivity contribution in [3.8, 4) is 5.75 Å². The zero-order valence-electron chi connectivity index (χ0n) is 18.0. The first-order valence-corrected chi connectivity index (χ1v) is 12.0. The van der Waals surface area contributed by atoms with Gasteiger partial charge in [-0.15, -0.1) is 0 Å². The van der Waals surface area contributed by atoms with Crippen molar-refractivity contribution in [2.75, 3.05) is 51.7 Å². The number of halogens is 2. The molecule has 2 unspecified atom stereocenters. The third-order valence-electron chi connectivity index (χ3n) is 6.41. The van der Waals surface area contributed by atoms with E-state index in [0.29, 0.717) is 23.1 Å². The van der Waals surface area contributed by atoms with Crippen LogP contribution in [0, 0.1) is 18.8 Å². The van der Waals surface area contributed by atoms with E-state index >= 15 is 0 Å². The third-order valence-corrected chi connectivity index (χ3v) is 7.50. The first-order valence-electron chi connectivity index (χ1n) is 10.8. The normalized spacial score (nSPS) is 20.7. The van der Waals surface area contributed by atoms with Gasteiger partial charge in [0, 0.05) is 47.9 Å². The summed E-state index contributed by atoms with van der Waals surface area (Å²) in [6.07, 6.45) is 1.09. The van der Waals surface area contributed by atoms with Gasteiger partial charge in [0.25, 0.3) is 5.91 Å². The van der Waals surface area contributed by atoms with Crippen molar-refractivity contribution in [2.45, 2.75) is 13.3 Å². The quantitative estimate of drug-likeness (QED) is 0.541. The third kappa shape index (κ3) is 5.18. The Morgan fingerprint density at radius 3 is 2.58 bits per heavy atom. The summed E-state index contributed by atoms with van der Waals surface area (Å²) < 4.78 is 6.11. The topological polar surface area (TPSA) is 44.8 Å². The van der Waals surface area contributed by atoms with Crippen LogP contribution >= 0.6 is 27.5 Å². The lowest BCUT2D eigenvalue weighted by Gasteiger charge is -2.22. The largest absolute Gasteiger partial charge is 0.497 e. The van der Waals surface area contributed by atoms with E-state index in [-0.39, 0.29) is 5.91 Å². The fraction of sp³-hybridized carbons (Fsp3) is 0.458. The number of benzene rings is 2. The van der Waals surface area contributed by atoms with Crippen molar-refractivity contribution in [3.05, 3.63) is 57.0 Å². The molecule has 0 aliphatic carbocycles. The highest BCUT2D eigenvalue weighted by molar-refractivity contribution is 9.10. The van der Waals surface area contributed by atoms with Crippen molar-refractivity contribution < 1.29 is 9.53 Å². The summed E-state index contributed by atoms with van der Waals surface area (Å²) in [6, 6.07) is 11.7. The van der Waals surface area contributed by atoms with Crippen LogP contribution in [0.3, 0.4) is 0 Å². The number of amides is 1. The van der Waals surface area contributed by atoms with E-state index in [0.717, 1.165) is 66.4 Å². The van der Waals surface area contributed by atoms with Gasteiger partial charge in [0.05, 0.1) is 12.7 Å². The minimum Gasteiger partial charge on any atom is -0.497 e. The lowest BCUT2D eigenvalue weighted by molar-refractivity contribution is 0.0773. The number of fused-ring (bicyclic) bond motifs is 1. The SMILES string of the molecule is COc1ccc(Br)c(C(=O)N2CC3CN(CCCNc4ccc(C)c(Cl)c4)CC3C2)c1. The summed E-state index contributed by atoms with van der Waals surface area (Å²) >= 11 is 9.71. The molecule has 0 spiro atoms. The van der Waals surface area contributed by atoms with E-state index in [9.17, 15) is 4.79 Å². The highest BCUT2D eigenvalue weighted by atomic mass is 79.9. The summed E-state index contributed by atoms with van der Waals surface area (Å²) in [5, 5.41) is 4.27. The van der Waals surface area contributed by atoms with E-state index < -0.39 is 0 Å². The second kappa shape index (κ2) is 9.80. The van der Waals surface area contributed by atoms with Gasteiger partial charge in [-0.2, -0.15) is 0 Å². The Bertz CT molecular complexity index is 940. The first-order chi connectivity index (χ1) is 14.9. The van der Waals surface area contributed by atoms with Crippen LogP contribution in [0.2, 0.25) is 5.02 Å². The molecule has 1 amide bonds. The molecule has 2 atom stereocenters. The highest BCUT2D eigenvalue weighted by Crippen LogP contribution is 2.33. The van der Waals surface area contributed by atoms with Crippen LogP contribution in [0.4, 0.5) is 5.69 Å². The van der Waals surface area contributed by atoms with Crippen LogP contribution in [0.1, 0.15) is 22.3 Å². The average Bonchev–Trinajstić information content (AvgIpc) is 3.32. The van der Waals surface area contributed by atoms with Gasteiger partial charge < -0.3 is 19.9 Å². The second-order valence-corrected chi connectivity index (χ2v) is 9.84. The molecule has 4 rings (SSSR count). The van der Waals surface area contributed by atoms with Crippen molar-refractivity contribution in [2.24, 2.45) is 11.8 Å². The molecular weight excluding hydrogens is 478 g/mol. The number of anilines is 1. The number of carbonyl (C=O) groups is 1. The highest BCUT2D eigenvalue weighted by Gasteiger charge is 2.41. The molecule has 1 N–H and O–H groups in total. The standard InChI is InChI=1S/C24H29BrClN3O2/c1-16-4-5-19(10-23(16)26)27-8-3-9-28-12-17-14-29(15-18(17)13-28)24(30)21-11-20(31-2)6-7-22(21)25/h4-7,10-11,17-18,27H,3,8-9,12-15H2,1-2H3. The van der Waals surface area contributed by atoms with Crippen molar-refractivity contribution in [3.63, 3.8) is 0 Å². The molecule has 166 valence electrons. The fourth-order valence-corrected chi connectivity index (χ4v) is 5.24. The second-order valence-electron chi connectivity index (χ2n) is 8.58. The Kier molecular flexibility index (Phi) is 7.09. The van der Waals surface area contributed by atoms with Crippen LogP contribution in [0.15, 0.2) is 40.9 Å². The van der Waals surface area contributed by atoms with Gasteiger partial charge in [0.2, 0.25) is 0 Å². The number of nitrogens with one attached hydrogen (secondary N) is 1. The molecule has 7 heteroatoms. The van der Waals surface area contributed by atoms with E-state index in [2.05, 4.69) is 32.2 Å². The number of nitrogens with zero attached hydrogens (tertiary/aromatic N) is 2. The Labute approximate surface area is 197 Å². The lowest BCUT2D eigenvalue weighted by Crippen LogP contribution is -2.34. The Balaban J connectivity index is 1.23. The molecule has 31 heavy (non-hydrogen) atoms. The summed E-state index contributed by atoms with van der Waals surface area (Å²) in [7, 11) is 1.62. The molecular formula is C24H29BrClN3O2. The molecule has 0 saturated carbocycles. The number of ether oxygens (including phenoxy) is 1. The van der Waals surface area contributed by atoms with Gasteiger partial charge >= 0.3 is 0 Å². The number of carbonyl (C=O) groups excluding carboxylic acids is 1. The zero-order valence-corrected chi connectivity index (χ0v) is 20.4. The Morgan fingerprint density at radius 2 is 1.90 bits per heavy atom. The van der Waals surface area contributed by atoms with E-state index in [1.165, 1.54) is 0 Å². The zero-order chi connectivity index (χ0) is 22.0. The van der Waals surface area contributed by atoms with E-state index in [4.69, 9.17) is 16.3 Å². The lowest BCUT2D eigenvalue weighted by atomic mass is 10.0. The predicted molar refractivity (Wildman–Crippen MR) is 129 cm³/mol. The van der Waals surface area contributed by atoms with Crippen molar-refractivity contribution in [1.82, 2.24) is 9.80 Å². The van der Waals surface area contributed by atoms with Crippen LogP contribution in [-0.2, 0) is 0 Å². The predicted octanol–water partition coefficient (Wildman–Crippen LogP) is 4.93. The number of hydrogen-bond acceptors (Lipinski definition) is 4. The fourth-order valence-electron chi connectivity index (χ4n) is 4.64. The number of methoxy groups -OCH3 is 1. The molecule has 2 aromatic rings. The van der Waals surface area contributed by atoms with E-state index in [1.807, 2.05) is 42.2 Å². The molecule has 5 nitrogen and oxygen atoms in total. The van der Waals surface area contributed by atoms with Gasteiger partial charge in [-0.25, -0.2) is 0 Å². The number of aryl methyl sites for hydroxylation is 1. The van der Waals surface area contributed by atoms with Crippen LogP contribution < -0.4 is 10.1 Å². The molecule has 0 radical (unpaired) electrons. The number of likely N-dealkylation sites (tertiary alicyclic amines) is 2.